The predicted molar refractivity (Wildman–Crippen MR) is 91.5 cm³/mol. The van der Waals surface area contributed by atoms with Gasteiger partial charge in [-0.05, 0) is 52.4 Å². The number of benzene rings is 2. The first-order chi connectivity index (χ1) is 10.5. The lowest BCUT2D eigenvalue weighted by Crippen LogP contribution is -2.08. The third-order valence-corrected chi connectivity index (χ3v) is 3.92. The summed E-state index contributed by atoms with van der Waals surface area (Å²) >= 11 is 2.19. The number of carbonyl (C=O) groups excluding carboxylic acids is 2. The van der Waals surface area contributed by atoms with E-state index in [1.165, 1.54) is 14.2 Å². The minimum Gasteiger partial charge on any atom is -0.496 e. The number of hydrogen-bond acceptors (Lipinski definition) is 4. The number of rotatable bonds is 5. The molecule has 0 aliphatic rings. The zero-order chi connectivity index (χ0) is 16.1. The highest BCUT2D eigenvalue weighted by Crippen LogP contribution is 2.22. The van der Waals surface area contributed by atoms with E-state index in [1.54, 1.807) is 30.3 Å². The van der Waals surface area contributed by atoms with Gasteiger partial charge >= 0.3 is 5.97 Å². The molecule has 2 rings (SSSR count). The van der Waals surface area contributed by atoms with Crippen LogP contribution in [0, 0.1) is 3.57 Å². The summed E-state index contributed by atoms with van der Waals surface area (Å²) in [5, 5.41) is 0. The second kappa shape index (κ2) is 7.40. The van der Waals surface area contributed by atoms with Gasteiger partial charge in [-0.1, -0.05) is 18.2 Å². The molecule has 0 spiro atoms. The highest BCUT2D eigenvalue weighted by atomic mass is 127. The number of Topliss-reactive ketones (excluding diaryl/α,β-unsaturated/α-hetero) is 1. The fraction of sp³-hybridized carbons (Fsp3) is 0.176. The zero-order valence-electron chi connectivity index (χ0n) is 12.3. The quantitative estimate of drug-likeness (QED) is 0.430. The van der Waals surface area contributed by atoms with Crippen molar-refractivity contribution in [3.63, 3.8) is 0 Å². The summed E-state index contributed by atoms with van der Waals surface area (Å²) in [6.45, 7) is 0. The summed E-state index contributed by atoms with van der Waals surface area (Å²) in [7, 11) is 2.80. The van der Waals surface area contributed by atoms with Gasteiger partial charge < -0.3 is 9.47 Å². The summed E-state index contributed by atoms with van der Waals surface area (Å²) in [6.07, 6.45) is 0.217. The Morgan fingerprint density at radius 3 is 2.32 bits per heavy atom. The van der Waals surface area contributed by atoms with Crippen LogP contribution in [0.1, 0.15) is 26.3 Å². The number of ether oxygens (including phenoxy) is 2. The van der Waals surface area contributed by atoms with Crippen LogP contribution >= 0.6 is 22.6 Å². The van der Waals surface area contributed by atoms with Crippen LogP contribution in [0.25, 0.3) is 0 Å². The number of carbonyl (C=O) groups is 2. The SMILES string of the molecule is COC(=O)c1cc(CC(=O)c2ccc(I)cc2)ccc1OC. The number of hydrogen-bond donors (Lipinski definition) is 0. The van der Waals surface area contributed by atoms with Gasteiger partial charge in [-0.2, -0.15) is 0 Å². The van der Waals surface area contributed by atoms with E-state index in [4.69, 9.17) is 9.47 Å². The van der Waals surface area contributed by atoms with E-state index in [0.29, 0.717) is 16.9 Å². The van der Waals surface area contributed by atoms with Gasteiger partial charge in [0.25, 0.3) is 0 Å². The third-order valence-electron chi connectivity index (χ3n) is 3.20. The van der Waals surface area contributed by atoms with Crippen molar-refractivity contribution in [2.45, 2.75) is 6.42 Å². The standard InChI is InChI=1S/C17H15IO4/c1-21-16-8-3-11(9-14(16)17(20)22-2)10-15(19)12-4-6-13(18)7-5-12/h3-9H,10H2,1-2H3. The van der Waals surface area contributed by atoms with Gasteiger partial charge in [0.05, 0.1) is 14.2 Å². The molecule has 0 saturated carbocycles. The molecule has 22 heavy (non-hydrogen) atoms. The van der Waals surface area contributed by atoms with Crippen LogP contribution in [0.2, 0.25) is 0 Å². The zero-order valence-corrected chi connectivity index (χ0v) is 14.4. The first-order valence-corrected chi connectivity index (χ1v) is 7.67. The summed E-state index contributed by atoms with van der Waals surface area (Å²) in [4.78, 5) is 24.0. The Labute approximate surface area is 142 Å². The van der Waals surface area contributed by atoms with Crippen molar-refractivity contribution in [1.29, 1.82) is 0 Å². The summed E-state index contributed by atoms with van der Waals surface area (Å²) < 4.78 is 10.9. The number of esters is 1. The van der Waals surface area contributed by atoms with Crippen LogP contribution in [0.15, 0.2) is 42.5 Å². The van der Waals surface area contributed by atoms with Crippen molar-refractivity contribution >= 4 is 34.3 Å². The van der Waals surface area contributed by atoms with Crippen LogP contribution < -0.4 is 4.74 Å². The van der Waals surface area contributed by atoms with Gasteiger partial charge in [-0.15, -0.1) is 0 Å². The Kier molecular flexibility index (Phi) is 5.54. The van der Waals surface area contributed by atoms with Crippen molar-refractivity contribution < 1.29 is 19.1 Å². The van der Waals surface area contributed by atoms with Gasteiger partial charge in [0, 0.05) is 15.6 Å². The molecule has 2 aromatic carbocycles. The van der Waals surface area contributed by atoms with Crippen LogP contribution in [0.4, 0.5) is 0 Å². The van der Waals surface area contributed by atoms with Crippen molar-refractivity contribution in [3.05, 3.63) is 62.7 Å². The molecule has 0 amide bonds. The molecular weight excluding hydrogens is 395 g/mol. The molecule has 4 nitrogen and oxygen atoms in total. The molecule has 0 aliphatic carbocycles. The molecule has 0 aliphatic heterocycles. The Morgan fingerprint density at radius 1 is 1.05 bits per heavy atom. The Hall–Kier alpha value is -1.89. The molecule has 5 heteroatoms. The molecule has 0 aromatic heterocycles. The molecule has 0 unspecified atom stereocenters. The minimum atomic E-state index is -0.486. The Bertz CT molecular complexity index is 692. The molecule has 0 saturated heterocycles. The first kappa shape index (κ1) is 16.5. The lowest BCUT2D eigenvalue weighted by atomic mass is 10.0. The second-order valence-electron chi connectivity index (χ2n) is 4.63. The second-order valence-corrected chi connectivity index (χ2v) is 5.88. The monoisotopic (exact) mass is 410 g/mol. The maximum atomic E-state index is 12.3. The normalized spacial score (nSPS) is 10.1. The smallest absolute Gasteiger partial charge is 0.341 e. The number of halogens is 1. The molecule has 0 bridgehead atoms. The van der Waals surface area contributed by atoms with Crippen molar-refractivity contribution in [2.75, 3.05) is 14.2 Å². The van der Waals surface area contributed by atoms with E-state index < -0.39 is 5.97 Å². The maximum absolute atomic E-state index is 12.3. The minimum absolute atomic E-state index is 0.00242. The molecule has 0 N–H and O–H groups in total. The fourth-order valence-corrected chi connectivity index (χ4v) is 2.42. The molecule has 114 valence electrons. The van der Waals surface area contributed by atoms with Gasteiger partial charge in [-0.3, -0.25) is 4.79 Å². The third kappa shape index (κ3) is 3.85. The summed E-state index contributed by atoms with van der Waals surface area (Å²) in [5.41, 5.74) is 1.71. The van der Waals surface area contributed by atoms with Gasteiger partial charge in [0.2, 0.25) is 0 Å². The lowest BCUT2D eigenvalue weighted by molar-refractivity contribution is 0.0596. The van der Waals surface area contributed by atoms with Crippen LogP contribution in [-0.2, 0) is 11.2 Å². The number of ketones is 1. The number of methoxy groups -OCH3 is 2. The highest BCUT2D eigenvalue weighted by Gasteiger charge is 2.15. The van der Waals surface area contributed by atoms with Crippen molar-refractivity contribution in [3.8, 4) is 5.75 Å². The van der Waals surface area contributed by atoms with Crippen molar-refractivity contribution in [1.82, 2.24) is 0 Å². The molecule has 0 radical (unpaired) electrons. The van der Waals surface area contributed by atoms with E-state index in [9.17, 15) is 9.59 Å². The Balaban J connectivity index is 2.24. The van der Waals surface area contributed by atoms with Gasteiger partial charge in [0.1, 0.15) is 11.3 Å². The molecule has 0 heterocycles. The van der Waals surface area contributed by atoms with E-state index in [-0.39, 0.29) is 12.2 Å². The summed E-state index contributed by atoms with van der Waals surface area (Å²) in [5.74, 6) is -0.0601. The molecule has 2 aromatic rings. The van der Waals surface area contributed by atoms with Crippen LogP contribution in [0.3, 0.4) is 0 Å². The van der Waals surface area contributed by atoms with Crippen molar-refractivity contribution in [2.24, 2.45) is 0 Å². The van der Waals surface area contributed by atoms with E-state index in [0.717, 1.165) is 9.13 Å². The maximum Gasteiger partial charge on any atom is 0.341 e. The average molecular weight is 410 g/mol. The fourth-order valence-electron chi connectivity index (χ4n) is 2.06. The van der Waals surface area contributed by atoms with E-state index in [1.807, 2.05) is 12.1 Å². The topological polar surface area (TPSA) is 52.6 Å². The van der Waals surface area contributed by atoms with E-state index >= 15 is 0 Å². The van der Waals surface area contributed by atoms with Crippen LogP contribution in [-0.4, -0.2) is 26.0 Å². The molecular formula is C17H15IO4. The predicted octanol–water partition coefficient (Wildman–Crippen LogP) is 3.51. The lowest BCUT2D eigenvalue weighted by Gasteiger charge is -2.09. The average Bonchev–Trinajstić information content (AvgIpc) is 2.54. The van der Waals surface area contributed by atoms with Crippen LogP contribution in [0.5, 0.6) is 5.75 Å². The largest absolute Gasteiger partial charge is 0.496 e. The van der Waals surface area contributed by atoms with E-state index in [2.05, 4.69) is 22.6 Å². The van der Waals surface area contributed by atoms with Gasteiger partial charge in [0.15, 0.2) is 5.78 Å². The first-order valence-electron chi connectivity index (χ1n) is 6.59. The summed E-state index contributed by atoms with van der Waals surface area (Å²) in [6, 6.07) is 12.5. The molecule has 0 atom stereocenters. The molecule has 0 fully saturated rings. The Morgan fingerprint density at radius 2 is 1.73 bits per heavy atom. The highest BCUT2D eigenvalue weighted by molar-refractivity contribution is 14.1. The van der Waals surface area contributed by atoms with Gasteiger partial charge in [-0.25, -0.2) is 4.79 Å².